The monoisotopic (exact) mass is 276 g/mol. The first-order valence-electron chi connectivity index (χ1n) is 7.07. The van der Waals surface area contributed by atoms with E-state index in [0.29, 0.717) is 13.0 Å². The van der Waals surface area contributed by atoms with Crippen molar-refractivity contribution in [3.8, 4) is 0 Å². The Morgan fingerprint density at radius 1 is 1.30 bits per heavy atom. The maximum Gasteiger partial charge on any atom is 0.326 e. The number of rotatable bonds is 3. The van der Waals surface area contributed by atoms with Crippen molar-refractivity contribution in [2.75, 3.05) is 0 Å². The van der Waals surface area contributed by atoms with Crippen molar-refractivity contribution < 1.29 is 9.53 Å². The summed E-state index contributed by atoms with van der Waals surface area (Å²) in [4.78, 5) is 12.4. The van der Waals surface area contributed by atoms with E-state index in [1.165, 1.54) is 0 Å². The first-order chi connectivity index (χ1) is 9.31. The number of esters is 1. The number of nitrogens with one attached hydrogen (secondary N) is 1. The highest BCUT2D eigenvalue weighted by Crippen LogP contribution is 2.29. The summed E-state index contributed by atoms with van der Waals surface area (Å²) >= 11 is 0. The van der Waals surface area contributed by atoms with Crippen LogP contribution in [-0.4, -0.2) is 23.1 Å². The molecule has 1 heterocycles. The van der Waals surface area contributed by atoms with Gasteiger partial charge in [-0.25, -0.2) is 0 Å². The van der Waals surface area contributed by atoms with Crippen LogP contribution in [0.15, 0.2) is 30.3 Å². The highest BCUT2D eigenvalue weighted by molar-refractivity contribution is 5.80. The van der Waals surface area contributed by atoms with Gasteiger partial charge in [0.25, 0.3) is 0 Å². The molecule has 1 aliphatic heterocycles. The Morgan fingerprint density at radius 3 is 2.55 bits per heavy atom. The zero-order valence-electron chi connectivity index (χ0n) is 12.5. The summed E-state index contributed by atoms with van der Waals surface area (Å²) in [6.45, 7) is 6.30. The minimum Gasteiger partial charge on any atom is -0.459 e. The van der Waals surface area contributed by atoms with Gasteiger partial charge in [-0.2, -0.15) is 0 Å². The Labute approximate surface area is 120 Å². The summed E-state index contributed by atoms with van der Waals surface area (Å²) in [5.74, 6) is -0.232. The Hall–Kier alpha value is -1.39. The molecule has 2 atom stereocenters. The zero-order chi connectivity index (χ0) is 14.8. The Bertz CT molecular complexity index is 473. The molecule has 3 N–H and O–H groups in total. The lowest BCUT2D eigenvalue weighted by atomic mass is 9.79. The molecule has 0 bridgehead atoms. The van der Waals surface area contributed by atoms with Crippen LogP contribution in [0.1, 0.15) is 39.2 Å². The lowest BCUT2D eigenvalue weighted by Crippen LogP contribution is -2.65. The molecule has 1 fully saturated rings. The number of carbonyl (C=O) groups excluding carboxylic acids is 1. The average molecular weight is 276 g/mol. The van der Waals surface area contributed by atoms with Gasteiger partial charge in [-0.15, -0.1) is 0 Å². The molecule has 2 unspecified atom stereocenters. The van der Waals surface area contributed by atoms with Crippen LogP contribution in [0, 0.1) is 0 Å². The van der Waals surface area contributed by atoms with E-state index in [1.807, 2.05) is 37.3 Å². The van der Waals surface area contributed by atoms with E-state index >= 15 is 0 Å². The summed E-state index contributed by atoms with van der Waals surface area (Å²) in [5.41, 5.74) is 6.21. The molecule has 2 rings (SSSR count). The van der Waals surface area contributed by atoms with Gasteiger partial charge < -0.3 is 10.5 Å². The largest absolute Gasteiger partial charge is 0.459 e. The third-order valence-electron chi connectivity index (χ3n) is 3.72. The second-order valence-corrected chi connectivity index (χ2v) is 6.57. The van der Waals surface area contributed by atoms with Crippen molar-refractivity contribution >= 4 is 5.97 Å². The molecule has 1 saturated heterocycles. The normalized spacial score (nSPS) is 28.9. The fourth-order valence-corrected chi connectivity index (χ4v) is 3.12. The van der Waals surface area contributed by atoms with Crippen molar-refractivity contribution in [1.82, 2.24) is 5.32 Å². The quantitative estimate of drug-likeness (QED) is 0.829. The van der Waals surface area contributed by atoms with Crippen LogP contribution in [0.3, 0.4) is 0 Å². The molecule has 4 heteroatoms. The minimum atomic E-state index is -0.712. The highest BCUT2D eigenvalue weighted by Gasteiger charge is 2.45. The van der Waals surface area contributed by atoms with E-state index in [-0.39, 0.29) is 17.6 Å². The van der Waals surface area contributed by atoms with E-state index in [1.54, 1.807) is 0 Å². The SMILES string of the molecule is CC1(C)CC(N)CC(C)(C(=O)OCc2ccccc2)N1. The van der Waals surface area contributed by atoms with Crippen molar-refractivity contribution in [2.24, 2.45) is 5.73 Å². The van der Waals surface area contributed by atoms with Crippen molar-refractivity contribution in [1.29, 1.82) is 0 Å². The number of benzene rings is 1. The second-order valence-electron chi connectivity index (χ2n) is 6.57. The first-order valence-corrected chi connectivity index (χ1v) is 7.07. The number of ether oxygens (including phenoxy) is 1. The van der Waals surface area contributed by atoms with Crippen LogP contribution in [0.2, 0.25) is 0 Å². The Morgan fingerprint density at radius 2 is 1.95 bits per heavy atom. The van der Waals surface area contributed by atoms with E-state index in [4.69, 9.17) is 10.5 Å². The summed E-state index contributed by atoms with van der Waals surface area (Å²) < 4.78 is 5.46. The lowest BCUT2D eigenvalue weighted by Gasteiger charge is -2.45. The third-order valence-corrected chi connectivity index (χ3v) is 3.72. The Balaban J connectivity index is 2.00. The van der Waals surface area contributed by atoms with E-state index in [0.717, 1.165) is 12.0 Å². The zero-order valence-corrected chi connectivity index (χ0v) is 12.5. The number of hydrogen-bond donors (Lipinski definition) is 2. The molecule has 0 aliphatic carbocycles. The molecule has 0 radical (unpaired) electrons. The van der Waals surface area contributed by atoms with E-state index in [2.05, 4.69) is 19.2 Å². The minimum absolute atomic E-state index is 0.0144. The summed E-state index contributed by atoms with van der Waals surface area (Å²) in [7, 11) is 0. The van der Waals surface area contributed by atoms with Gasteiger partial charge in [-0.05, 0) is 39.2 Å². The predicted molar refractivity (Wildman–Crippen MR) is 79.1 cm³/mol. The lowest BCUT2D eigenvalue weighted by molar-refractivity contribution is -0.155. The van der Waals surface area contributed by atoms with Crippen LogP contribution in [0.4, 0.5) is 0 Å². The Kier molecular flexibility index (Phi) is 4.16. The van der Waals surface area contributed by atoms with Gasteiger partial charge in [0.05, 0.1) is 0 Å². The van der Waals surface area contributed by atoms with Crippen molar-refractivity contribution in [3.05, 3.63) is 35.9 Å². The second kappa shape index (κ2) is 5.54. The summed E-state index contributed by atoms with van der Waals surface area (Å²) in [5, 5.41) is 3.38. The third kappa shape index (κ3) is 3.58. The molecule has 110 valence electrons. The molecule has 0 saturated carbocycles. The van der Waals surface area contributed by atoms with Gasteiger partial charge in [-0.1, -0.05) is 30.3 Å². The molecule has 1 aromatic carbocycles. The number of hydrogen-bond acceptors (Lipinski definition) is 4. The van der Waals surface area contributed by atoms with Gasteiger partial charge in [0.15, 0.2) is 0 Å². The maximum atomic E-state index is 12.4. The molecule has 0 spiro atoms. The van der Waals surface area contributed by atoms with Gasteiger partial charge in [0, 0.05) is 11.6 Å². The van der Waals surface area contributed by atoms with Crippen LogP contribution in [0.25, 0.3) is 0 Å². The number of nitrogens with two attached hydrogens (primary N) is 1. The molecule has 1 aliphatic rings. The van der Waals surface area contributed by atoms with Crippen LogP contribution >= 0.6 is 0 Å². The van der Waals surface area contributed by atoms with Gasteiger partial charge in [0.1, 0.15) is 12.1 Å². The van der Waals surface area contributed by atoms with Gasteiger partial charge >= 0.3 is 5.97 Å². The molecule has 0 aromatic heterocycles. The predicted octanol–water partition coefficient (Wildman–Crippen LogP) is 1.98. The fourth-order valence-electron chi connectivity index (χ4n) is 3.12. The first kappa shape index (κ1) is 15.0. The van der Waals surface area contributed by atoms with Crippen molar-refractivity contribution in [2.45, 2.75) is 57.3 Å². The molecule has 0 amide bonds. The average Bonchev–Trinajstić information content (AvgIpc) is 2.34. The maximum absolute atomic E-state index is 12.4. The molecule has 20 heavy (non-hydrogen) atoms. The van der Waals surface area contributed by atoms with Gasteiger partial charge in [-0.3, -0.25) is 10.1 Å². The number of piperidine rings is 1. The fraction of sp³-hybridized carbons (Fsp3) is 0.562. The van der Waals surface area contributed by atoms with Gasteiger partial charge in [0.2, 0.25) is 0 Å². The van der Waals surface area contributed by atoms with Crippen LogP contribution < -0.4 is 11.1 Å². The summed E-state index contributed by atoms with van der Waals surface area (Å²) in [6.07, 6.45) is 1.46. The summed E-state index contributed by atoms with van der Waals surface area (Å²) in [6, 6.07) is 9.71. The molecule has 1 aromatic rings. The molecular formula is C16H24N2O2. The highest BCUT2D eigenvalue weighted by atomic mass is 16.5. The van der Waals surface area contributed by atoms with Crippen LogP contribution in [0.5, 0.6) is 0 Å². The molecule has 4 nitrogen and oxygen atoms in total. The van der Waals surface area contributed by atoms with Crippen molar-refractivity contribution in [3.63, 3.8) is 0 Å². The number of carbonyl (C=O) groups is 1. The van der Waals surface area contributed by atoms with E-state index in [9.17, 15) is 4.79 Å². The van der Waals surface area contributed by atoms with Crippen LogP contribution in [-0.2, 0) is 16.1 Å². The standard InChI is InChI=1S/C16H24N2O2/c1-15(2)9-13(17)10-16(3,18-15)14(19)20-11-12-7-5-4-6-8-12/h4-8,13,18H,9-11,17H2,1-3H3. The van der Waals surface area contributed by atoms with E-state index < -0.39 is 5.54 Å². The molecular weight excluding hydrogens is 252 g/mol. The smallest absolute Gasteiger partial charge is 0.326 e. The topological polar surface area (TPSA) is 64.4 Å².